The Balaban J connectivity index is 1.12. The zero-order valence-corrected chi connectivity index (χ0v) is 30.1. The Hall–Kier alpha value is -4.63. The van der Waals surface area contributed by atoms with E-state index < -0.39 is 23.9 Å². The zero-order valence-electron chi connectivity index (χ0n) is 30.1. The van der Waals surface area contributed by atoms with E-state index in [9.17, 15) is 24.9 Å². The maximum atomic E-state index is 14.3. The number of aromatic hydroxyl groups is 1. The van der Waals surface area contributed by atoms with Crippen LogP contribution in [0.2, 0.25) is 0 Å². The van der Waals surface area contributed by atoms with Crippen LogP contribution in [0.4, 0.5) is 0 Å². The van der Waals surface area contributed by atoms with Gasteiger partial charge in [-0.2, -0.15) is 0 Å². The van der Waals surface area contributed by atoms with Gasteiger partial charge < -0.3 is 15.3 Å². The third-order valence-corrected chi connectivity index (χ3v) is 11.5. The van der Waals surface area contributed by atoms with Crippen LogP contribution in [0.25, 0.3) is 22.4 Å². The lowest BCUT2D eigenvalue weighted by Gasteiger charge is -2.38. The van der Waals surface area contributed by atoms with Crippen molar-refractivity contribution in [1.29, 1.82) is 0 Å². The quantitative estimate of drug-likeness (QED) is 0.116. The summed E-state index contributed by atoms with van der Waals surface area (Å²) >= 11 is 0. The average molecular weight is 700 g/mol. The Kier molecular flexibility index (Phi) is 10.7. The number of aliphatic hydroxyl groups is 2. The molecule has 4 aromatic rings. The van der Waals surface area contributed by atoms with E-state index in [1.165, 1.54) is 10.5 Å². The molecular weight excluding hydrogens is 650 g/mol. The SMILES string of the molecule is CC(C)C1=C([C@H](O)CC/C(=C/c2ccc(O)c3ccccc23)c2ccccn2)[C@H](CO)[C@@H]2C(=O)N(C3CCN(Cc4ccccc4)CC3)C(=O)[C@@H]2C1. The van der Waals surface area contributed by atoms with Crippen molar-refractivity contribution in [1.82, 2.24) is 14.8 Å². The van der Waals surface area contributed by atoms with Crippen LogP contribution >= 0.6 is 0 Å². The van der Waals surface area contributed by atoms with Crippen molar-refractivity contribution in [3.8, 4) is 5.75 Å². The van der Waals surface area contributed by atoms with E-state index in [-0.39, 0.29) is 36.1 Å². The van der Waals surface area contributed by atoms with E-state index in [4.69, 9.17) is 0 Å². The van der Waals surface area contributed by atoms with Gasteiger partial charge in [0.15, 0.2) is 0 Å². The van der Waals surface area contributed by atoms with Crippen molar-refractivity contribution in [2.24, 2.45) is 23.7 Å². The molecule has 0 saturated carbocycles. The minimum Gasteiger partial charge on any atom is -0.507 e. The van der Waals surface area contributed by atoms with Crippen LogP contribution in [0.5, 0.6) is 5.75 Å². The minimum absolute atomic E-state index is 0.0343. The Morgan fingerprint density at radius 2 is 1.62 bits per heavy atom. The number of nitrogens with zero attached hydrogens (tertiary/aromatic N) is 3. The van der Waals surface area contributed by atoms with Crippen molar-refractivity contribution in [3.63, 3.8) is 0 Å². The summed E-state index contributed by atoms with van der Waals surface area (Å²) in [6.07, 6.45) is 5.60. The monoisotopic (exact) mass is 699 g/mol. The van der Waals surface area contributed by atoms with Crippen LogP contribution in [-0.4, -0.2) is 73.8 Å². The van der Waals surface area contributed by atoms with Crippen LogP contribution in [-0.2, 0) is 16.1 Å². The maximum Gasteiger partial charge on any atom is 0.234 e. The highest BCUT2D eigenvalue weighted by molar-refractivity contribution is 6.06. The van der Waals surface area contributed by atoms with E-state index in [1.807, 2.05) is 66.7 Å². The number of hydrogen-bond acceptors (Lipinski definition) is 7. The number of hydrogen-bond donors (Lipinski definition) is 3. The summed E-state index contributed by atoms with van der Waals surface area (Å²) < 4.78 is 0. The molecule has 0 radical (unpaired) electrons. The number of fused-ring (bicyclic) bond motifs is 2. The van der Waals surface area contributed by atoms with Gasteiger partial charge in [-0.05, 0) is 90.0 Å². The fraction of sp³-hybridized carbons (Fsp3) is 0.386. The van der Waals surface area contributed by atoms with Gasteiger partial charge in [0, 0.05) is 43.2 Å². The van der Waals surface area contributed by atoms with Gasteiger partial charge in [0.05, 0.1) is 30.2 Å². The number of imide groups is 1. The molecule has 1 aromatic heterocycles. The second-order valence-electron chi connectivity index (χ2n) is 15.0. The summed E-state index contributed by atoms with van der Waals surface area (Å²) in [4.78, 5) is 36.9. The van der Waals surface area contributed by atoms with E-state index in [0.29, 0.717) is 19.3 Å². The zero-order chi connectivity index (χ0) is 36.4. The summed E-state index contributed by atoms with van der Waals surface area (Å²) in [7, 11) is 0. The summed E-state index contributed by atoms with van der Waals surface area (Å²) in [5.41, 5.74) is 5.58. The van der Waals surface area contributed by atoms with Crippen LogP contribution in [0.1, 0.15) is 62.8 Å². The van der Waals surface area contributed by atoms with Gasteiger partial charge in [-0.1, -0.05) is 86.2 Å². The molecule has 0 unspecified atom stereocenters. The molecular formula is C44H49N3O5. The number of pyridine rings is 1. The number of aliphatic hydroxyl groups excluding tert-OH is 2. The number of carbonyl (C=O) groups excluding carboxylic acids is 2. The Morgan fingerprint density at radius 3 is 2.31 bits per heavy atom. The number of phenols is 1. The molecule has 0 bridgehead atoms. The lowest BCUT2D eigenvalue weighted by atomic mass is 9.66. The summed E-state index contributed by atoms with van der Waals surface area (Å²) in [6.45, 7) is 6.27. The number of phenolic OH excluding ortho intramolecular Hbond substituents is 1. The molecule has 2 amide bonds. The molecule has 52 heavy (non-hydrogen) atoms. The average Bonchev–Trinajstić information content (AvgIpc) is 3.42. The lowest BCUT2D eigenvalue weighted by molar-refractivity contribution is -0.144. The number of carbonyl (C=O) groups is 2. The van der Waals surface area contributed by atoms with Gasteiger partial charge in [-0.15, -0.1) is 0 Å². The maximum absolute atomic E-state index is 14.3. The van der Waals surface area contributed by atoms with Crippen molar-refractivity contribution in [3.05, 3.63) is 119 Å². The first kappa shape index (κ1) is 35.8. The number of amides is 2. The van der Waals surface area contributed by atoms with E-state index in [2.05, 4.69) is 41.9 Å². The van der Waals surface area contributed by atoms with Crippen molar-refractivity contribution in [2.45, 2.75) is 64.6 Å². The van der Waals surface area contributed by atoms with E-state index in [0.717, 1.165) is 71.2 Å². The molecule has 7 rings (SSSR count). The second kappa shape index (κ2) is 15.5. The second-order valence-corrected chi connectivity index (χ2v) is 15.0. The van der Waals surface area contributed by atoms with Gasteiger partial charge in [-0.25, -0.2) is 0 Å². The smallest absolute Gasteiger partial charge is 0.234 e. The van der Waals surface area contributed by atoms with Crippen LogP contribution in [0.3, 0.4) is 0 Å². The van der Waals surface area contributed by atoms with E-state index >= 15 is 0 Å². The number of benzene rings is 3. The third kappa shape index (κ3) is 7.07. The molecule has 1 aliphatic carbocycles. The van der Waals surface area contributed by atoms with Crippen LogP contribution in [0.15, 0.2) is 102 Å². The number of allylic oxidation sites excluding steroid dienone is 2. The predicted molar refractivity (Wildman–Crippen MR) is 204 cm³/mol. The topological polar surface area (TPSA) is 114 Å². The molecule has 3 heterocycles. The molecule has 2 aliphatic heterocycles. The molecule has 270 valence electrons. The lowest BCUT2D eigenvalue weighted by Crippen LogP contribution is -2.47. The van der Waals surface area contributed by atoms with Crippen molar-refractivity contribution in [2.75, 3.05) is 19.7 Å². The fourth-order valence-electron chi connectivity index (χ4n) is 8.90. The molecule has 3 aliphatic rings. The van der Waals surface area contributed by atoms with Crippen molar-refractivity contribution < 1.29 is 24.9 Å². The molecule has 0 spiro atoms. The summed E-state index contributed by atoms with van der Waals surface area (Å²) in [5, 5.41) is 35.1. The molecule has 3 aromatic carbocycles. The van der Waals surface area contributed by atoms with Gasteiger partial charge >= 0.3 is 0 Å². The first-order valence-electron chi connectivity index (χ1n) is 18.7. The molecule has 8 heteroatoms. The molecule has 3 N–H and O–H groups in total. The molecule has 2 saturated heterocycles. The highest BCUT2D eigenvalue weighted by Crippen LogP contribution is 2.49. The van der Waals surface area contributed by atoms with Crippen LogP contribution in [0, 0.1) is 23.7 Å². The summed E-state index contributed by atoms with van der Waals surface area (Å²) in [5.74, 6) is -1.90. The Labute approximate surface area is 306 Å². The standard InChI is InChI=1S/C44H49N3O5/c1-28(2)35-25-36-42(44(52)47(43(36)51)32-19-22-46(23-20-32)26-29-10-4-3-5-11-29)37(27-48)41(35)40(50)18-16-31(38-14-8-9-21-45-38)24-30-15-17-39(49)34-13-7-6-12-33(30)34/h3-15,17,21,24,28,32,36-37,40,42,48-50H,16,18-20,22-23,25-27H2,1-2H3/b31-24-/t36-,37+,40-,42-/m1/s1. The van der Waals surface area contributed by atoms with Gasteiger partial charge in [0.2, 0.25) is 11.8 Å². The number of likely N-dealkylation sites (tertiary alicyclic amines) is 2. The van der Waals surface area contributed by atoms with Gasteiger partial charge in [0.1, 0.15) is 5.75 Å². The number of aromatic nitrogens is 1. The largest absolute Gasteiger partial charge is 0.507 e. The fourth-order valence-corrected chi connectivity index (χ4v) is 8.90. The highest BCUT2D eigenvalue weighted by Gasteiger charge is 2.56. The predicted octanol–water partition coefficient (Wildman–Crippen LogP) is 6.85. The first-order valence-corrected chi connectivity index (χ1v) is 18.7. The Bertz CT molecular complexity index is 1970. The normalized spacial score (nSPS) is 22.4. The Morgan fingerprint density at radius 1 is 0.904 bits per heavy atom. The molecule has 8 nitrogen and oxygen atoms in total. The third-order valence-electron chi connectivity index (χ3n) is 11.5. The molecule has 2 fully saturated rings. The van der Waals surface area contributed by atoms with E-state index in [1.54, 1.807) is 12.3 Å². The first-order chi connectivity index (χ1) is 25.2. The summed E-state index contributed by atoms with van der Waals surface area (Å²) in [6, 6.07) is 27.2. The molecule has 4 atom stereocenters. The minimum atomic E-state index is -0.919. The van der Waals surface area contributed by atoms with Gasteiger partial charge in [-0.3, -0.25) is 24.4 Å². The highest BCUT2D eigenvalue weighted by atomic mass is 16.3. The van der Waals surface area contributed by atoms with Gasteiger partial charge in [0.25, 0.3) is 0 Å². The van der Waals surface area contributed by atoms with Crippen molar-refractivity contribution >= 4 is 34.2 Å². The number of piperidine rings is 1. The van der Waals surface area contributed by atoms with Crippen LogP contribution < -0.4 is 0 Å². The number of rotatable bonds is 11.